The molecule has 3 aromatic rings. The van der Waals surface area contributed by atoms with Crippen molar-refractivity contribution >= 4 is 52.5 Å². The lowest BCUT2D eigenvalue weighted by molar-refractivity contribution is -0.112. The van der Waals surface area contributed by atoms with Gasteiger partial charge in [-0.2, -0.15) is 5.26 Å². The number of nitrogens with one attached hydrogen (secondary N) is 1. The topological polar surface area (TPSA) is 71.3 Å². The molecule has 0 unspecified atom stereocenters. The van der Waals surface area contributed by atoms with Gasteiger partial charge >= 0.3 is 0 Å². The van der Waals surface area contributed by atoms with Crippen molar-refractivity contribution < 1.29 is 14.3 Å². The number of hydrogen-bond donors (Lipinski definition) is 1. The van der Waals surface area contributed by atoms with Crippen molar-refractivity contribution in [1.82, 2.24) is 0 Å². The highest BCUT2D eigenvalue weighted by Crippen LogP contribution is 2.38. The molecule has 1 amide bonds. The van der Waals surface area contributed by atoms with E-state index in [1.54, 1.807) is 30.3 Å². The summed E-state index contributed by atoms with van der Waals surface area (Å²) in [4.78, 5) is 12.6. The van der Waals surface area contributed by atoms with Gasteiger partial charge in [0.25, 0.3) is 5.91 Å². The van der Waals surface area contributed by atoms with Gasteiger partial charge in [0.1, 0.15) is 18.2 Å². The molecular formula is C25H19Cl3N2O3. The van der Waals surface area contributed by atoms with Crippen molar-refractivity contribution in [2.75, 3.05) is 12.4 Å². The molecule has 5 nitrogen and oxygen atoms in total. The predicted octanol–water partition coefficient (Wildman–Crippen LogP) is 7.09. The van der Waals surface area contributed by atoms with Gasteiger partial charge in [-0.3, -0.25) is 4.79 Å². The van der Waals surface area contributed by atoms with Crippen molar-refractivity contribution in [1.29, 1.82) is 5.26 Å². The quantitative estimate of drug-likeness (QED) is 0.277. The van der Waals surface area contributed by atoms with Gasteiger partial charge in [-0.1, -0.05) is 65.1 Å². The molecule has 3 rings (SSSR count). The summed E-state index contributed by atoms with van der Waals surface area (Å²) < 4.78 is 11.3. The standard InChI is InChI=1S/C25H19Cl3N2O3/c1-15-6-3-4-7-17(15)14-33-24-20(27)11-16(12-22(24)32-2)10-18(13-29)25(31)30-21-9-5-8-19(26)23(21)28/h3-12H,14H2,1-2H3,(H,30,31)/b18-10+. The summed E-state index contributed by atoms with van der Waals surface area (Å²) in [5.74, 6) is 0.0998. The van der Waals surface area contributed by atoms with E-state index in [9.17, 15) is 10.1 Å². The van der Waals surface area contributed by atoms with E-state index in [-0.39, 0.29) is 20.6 Å². The zero-order chi connectivity index (χ0) is 24.0. The Labute approximate surface area is 207 Å². The average Bonchev–Trinajstić information content (AvgIpc) is 2.80. The van der Waals surface area contributed by atoms with Crippen molar-refractivity contribution in [2.24, 2.45) is 0 Å². The number of methoxy groups -OCH3 is 1. The molecule has 0 atom stereocenters. The predicted molar refractivity (Wildman–Crippen MR) is 132 cm³/mol. The number of benzene rings is 3. The number of ether oxygens (including phenoxy) is 2. The minimum absolute atomic E-state index is 0.155. The molecule has 0 aliphatic rings. The first-order valence-electron chi connectivity index (χ1n) is 9.76. The number of amides is 1. The molecule has 0 heterocycles. The molecular weight excluding hydrogens is 483 g/mol. The Balaban J connectivity index is 1.85. The van der Waals surface area contributed by atoms with Crippen LogP contribution in [0.15, 0.2) is 60.2 Å². The second-order valence-electron chi connectivity index (χ2n) is 6.97. The van der Waals surface area contributed by atoms with Crippen LogP contribution in [0.25, 0.3) is 6.08 Å². The number of carbonyl (C=O) groups is 1. The maximum absolute atomic E-state index is 12.6. The fourth-order valence-corrected chi connectivity index (χ4v) is 3.61. The zero-order valence-electron chi connectivity index (χ0n) is 17.8. The van der Waals surface area contributed by atoms with E-state index in [1.807, 2.05) is 37.3 Å². The Morgan fingerprint density at radius 3 is 2.55 bits per heavy atom. The average molecular weight is 502 g/mol. The minimum Gasteiger partial charge on any atom is -0.493 e. The van der Waals surface area contributed by atoms with Crippen molar-refractivity contribution in [3.8, 4) is 17.6 Å². The Kier molecular flexibility index (Phi) is 8.24. The van der Waals surface area contributed by atoms with Crippen LogP contribution in [0.2, 0.25) is 15.1 Å². The molecule has 0 spiro atoms. The molecule has 0 fully saturated rings. The van der Waals surface area contributed by atoms with Crippen LogP contribution in [-0.4, -0.2) is 13.0 Å². The monoisotopic (exact) mass is 500 g/mol. The van der Waals surface area contributed by atoms with Crippen LogP contribution in [0.5, 0.6) is 11.5 Å². The normalized spacial score (nSPS) is 11.0. The Morgan fingerprint density at radius 1 is 1.09 bits per heavy atom. The second-order valence-corrected chi connectivity index (χ2v) is 8.17. The van der Waals surface area contributed by atoms with Crippen LogP contribution in [0.3, 0.4) is 0 Å². The molecule has 0 aliphatic heterocycles. The molecule has 0 saturated carbocycles. The van der Waals surface area contributed by atoms with Crippen molar-refractivity contribution in [2.45, 2.75) is 13.5 Å². The number of aryl methyl sites for hydroxylation is 1. The minimum atomic E-state index is -0.642. The molecule has 3 aromatic carbocycles. The molecule has 0 saturated heterocycles. The summed E-state index contributed by atoms with van der Waals surface area (Å²) in [6.07, 6.45) is 1.40. The van der Waals surface area contributed by atoms with E-state index in [1.165, 1.54) is 13.2 Å². The smallest absolute Gasteiger partial charge is 0.266 e. The van der Waals surface area contributed by atoms with Crippen LogP contribution in [0, 0.1) is 18.3 Å². The summed E-state index contributed by atoms with van der Waals surface area (Å²) in [6.45, 7) is 2.31. The SMILES string of the molecule is COc1cc(/C=C(\C#N)C(=O)Nc2cccc(Cl)c2Cl)cc(Cl)c1OCc1ccccc1C. The number of nitriles is 1. The number of hydrogen-bond acceptors (Lipinski definition) is 4. The van der Waals surface area contributed by atoms with E-state index in [2.05, 4.69) is 5.32 Å². The molecule has 168 valence electrons. The molecule has 33 heavy (non-hydrogen) atoms. The van der Waals surface area contributed by atoms with E-state index in [0.717, 1.165) is 11.1 Å². The third kappa shape index (κ3) is 6.00. The first kappa shape index (κ1) is 24.5. The van der Waals surface area contributed by atoms with Gasteiger partial charge in [0.05, 0.1) is 27.9 Å². The second kappa shape index (κ2) is 11.1. The lowest BCUT2D eigenvalue weighted by Gasteiger charge is -2.14. The van der Waals surface area contributed by atoms with Gasteiger partial charge in [-0.05, 0) is 54.0 Å². The third-order valence-electron chi connectivity index (χ3n) is 4.76. The lowest BCUT2D eigenvalue weighted by atomic mass is 10.1. The van der Waals surface area contributed by atoms with Crippen LogP contribution in [-0.2, 0) is 11.4 Å². The van der Waals surface area contributed by atoms with Gasteiger partial charge in [0.15, 0.2) is 11.5 Å². The van der Waals surface area contributed by atoms with Gasteiger partial charge in [0.2, 0.25) is 0 Å². The first-order chi connectivity index (χ1) is 15.8. The van der Waals surface area contributed by atoms with Crippen LogP contribution in [0.4, 0.5) is 5.69 Å². The first-order valence-corrected chi connectivity index (χ1v) is 10.9. The van der Waals surface area contributed by atoms with E-state index >= 15 is 0 Å². The highest BCUT2D eigenvalue weighted by molar-refractivity contribution is 6.44. The van der Waals surface area contributed by atoms with Gasteiger partial charge in [-0.15, -0.1) is 0 Å². The van der Waals surface area contributed by atoms with Crippen molar-refractivity contribution in [3.63, 3.8) is 0 Å². The number of anilines is 1. The van der Waals surface area contributed by atoms with Gasteiger partial charge in [-0.25, -0.2) is 0 Å². The summed E-state index contributed by atoms with van der Waals surface area (Å²) in [6, 6.07) is 17.8. The molecule has 8 heteroatoms. The zero-order valence-corrected chi connectivity index (χ0v) is 20.1. The molecule has 0 aliphatic carbocycles. The summed E-state index contributed by atoms with van der Waals surface area (Å²) in [5.41, 5.74) is 2.74. The highest BCUT2D eigenvalue weighted by Gasteiger charge is 2.16. The number of carbonyl (C=O) groups excluding carboxylic acids is 1. The molecule has 0 aromatic heterocycles. The molecule has 0 bridgehead atoms. The summed E-state index contributed by atoms with van der Waals surface area (Å²) in [5, 5.41) is 12.9. The Morgan fingerprint density at radius 2 is 1.85 bits per heavy atom. The van der Waals surface area contributed by atoms with E-state index in [0.29, 0.717) is 29.4 Å². The molecule has 0 radical (unpaired) electrons. The van der Waals surface area contributed by atoms with E-state index < -0.39 is 5.91 Å². The van der Waals surface area contributed by atoms with Gasteiger partial charge < -0.3 is 14.8 Å². The number of halogens is 3. The maximum Gasteiger partial charge on any atom is 0.266 e. The van der Waals surface area contributed by atoms with Crippen LogP contribution < -0.4 is 14.8 Å². The summed E-state index contributed by atoms with van der Waals surface area (Å²) >= 11 is 18.5. The fourth-order valence-electron chi connectivity index (χ4n) is 2.99. The van der Waals surface area contributed by atoms with E-state index in [4.69, 9.17) is 44.3 Å². The van der Waals surface area contributed by atoms with Crippen molar-refractivity contribution in [3.05, 3.63) is 91.9 Å². The Hall–Kier alpha value is -3.17. The lowest BCUT2D eigenvalue weighted by Crippen LogP contribution is -2.13. The van der Waals surface area contributed by atoms with Crippen LogP contribution >= 0.6 is 34.8 Å². The Bertz CT molecular complexity index is 1270. The maximum atomic E-state index is 12.6. The molecule has 1 N–H and O–H groups in total. The van der Waals surface area contributed by atoms with Crippen LogP contribution in [0.1, 0.15) is 16.7 Å². The third-order valence-corrected chi connectivity index (χ3v) is 5.86. The van der Waals surface area contributed by atoms with Gasteiger partial charge in [0, 0.05) is 0 Å². The highest BCUT2D eigenvalue weighted by atomic mass is 35.5. The fraction of sp³-hybridized carbons (Fsp3) is 0.120. The number of rotatable bonds is 7. The summed E-state index contributed by atoms with van der Waals surface area (Å²) in [7, 11) is 1.48. The number of nitrogens with zero attached hydrogens (tertiary/aromatic N) is 1. The largest absolute Gasteiger partial charge is 0.493 e.